The van der Waals surface area contributed by atoms with E-state index in [1.807, 2.05) is 6.92 Å². The summed E-state index contributed by atoms with van der Waals surface area (Å²) in [6.07, 6.45) is 0. The average Bonchev–Trinajstić information content (AvgIpc) is 2.40. The molecule has 2 N–H and O–H groups in total. The van der Waals surface area contributed by atoms with Crippen LogP contribution in [0.5, 0.6) is 11.5 Å². The van der Waals surface area contributed by atoms with Gasteiger partial charge in [-0.1, -0.05) is 6.07 Å². The molecule has 0 fully saturated rings. The molecule has 108 valence electrons. The molecule has 0 saturated carbocycles. The molecule has 0 bridgehead atoms. The van der Waals surface area contributed by atoms with Crippen molar-refractivity contribution in [2.24, 2.45) is 0 Å². The number of halogens is 2. The Morgan fingerprint density at radius 3 is 2.63 bits per heavy atom. The zero-order chi connectivity index (χ0) is 14.3. The quantitative estimate of drug-likeness (QED) is 0.759. The highest BCUT2D eigenvalue weighted by atomic mass is 19.3. The van der Waals surface area contributed by atoms with Gasteiger partial charge in [-0.05, 0) is 24.6 Å². The number of alkyl halides is 2. The molecule has 1 aromatic rings. The number of hydrogen-bond acceptors (Lipinski definition) is 4. The Labute approximate surface area is 111 Å². The van der Waals surface area contributed by atoms with E-state index < -0.39 is 19.1 Å². The molecule has 0 saturated heterocycles. The van der Waals surface area contributed by atoms with E-state index in [1.165, 1.54) is 7.11 Å². The molecular formula is C13H19F2NO3. The maximum atomic E-state index is 12.8. The largest absolute Gasteiger partial charge is 0.493 e. The first-order valence-electron chi connectivity index (χ1n) is 6.01. The monoisotopic (exact) mass is 275 g/mol. The van der Waals surface area contributed by atoms with Crippen LogP contribution in [-0.2, 0) is 6.54 Å². The SMILES string of the molecule is CCOc1ccc(CNCC(F)(F)CO)cc1OC. The molecule has 6 heteroatoms. The van der Waals surface area contributed by atoms with Gasteiger partial charge < -0.3 is 19.9 Å². The van der Waals surface area contributed by atoms with Crippen LogP contribution in [0.15, 0.2) is 18.2 Å². The zero-order valence-electron chi connectivity index (χ0n) is 11.1. The second kappa shape index (κ2) is 7.25. The number of hydrogen-bond donors (Lipinski definition) is 2. The lowest BCUT2D eigenvalue weighted by molar-refractivity contribution is -0.0477. The molecular weight excluding hydrogens is 256 g/mol. The first-order valence-corrected chi connectivity index (χ1v) is 6.01. The maximum absolute atomic E-state index is 12.8. The van der Waals surface area contributed by atoms with Gasteiger partial charge >= 0.3 is 0 Å². The van der Waals surface area contributed by atoms with Gasteiger partial charge in [0.25, 0.3) is 5.92 Å². The molecule has 0 atom stereocenters. The summed E-state index contributed by atoms with van der Waals surface area (Å²) < 4.78 is 36.1. The summed E-state index contributed by atoms with van der Waals surface area (Å²) in [5, 5.41) is 11.0. The van der Waals surface area contributed by atoms with Gasteiger partial charge in [0.1, 0.15) is 6.61 Å². The lowest BCUT2D eigenvalue weighted by atomic mass is 10.2. The number of aliphatic hydroxyl groups is 1. The molecule has 0 aliphatic heterocycles. The van der Waals surface area contributed by atoms with Gasteiger partial charge in [-0.25, -0.2) is 8.78 Å². The Hall–Kier alpha value is -1.40. The predicted molar refractivity (Wildman–Crippen MR) is 67.9 cm³/mol. The molecule has 4 nitrogen and oxygen atoms in total. The van der Waals surface area contributed by atoms with E-state index in [2.05, 4.69) is 5.32 Å². The Balaban J connectivity index is 2.60. The average molecular weight is 275 g/mol. The fourth-order valence-corrected chi connectivity index (χ4v) is 1.54. The molecule has 0 unspecified atom stereocenters. The van der Waals surface area contributed by atoms with Gasteiger partial charge in [0, 0.05) is 6.54 Å². The van der Waals surface area contributed by atoms with E-state index in [0.717, 1.165) is 5.56 Å². The van der Waals surface area contributed by atoms with E-state index >= 15 is 0 Å². The third-order valence-electron chi connectivity index (χ3n) is 2.47. The number of nitrogens with one attached hydrogen (secondary N) is 1. The highest BCUT2D eigenvalue weighted by Crippen LogP contribution is 2.28. The maximum Gasteiger partial charge on any atom is 0.282 e. The molecule has 0 radical (unpaired) electrons. The third-order valence-corrected chi connectivity index (χ3v) is 2.47. The molecule has 1 aromatic carbocycles. The first-order chi connectivity index (χ1) is 9.02. The normalized spacial score (nSPS) is 11.4. The van der Waals surface area contributed by atoms with Crippen molar-refractivity contribution in [3.63, 3.8) is 0 Å². The Bertz CT molecular complexity index is 399. The highest BCUT2D eigenvalue weighted by Gasteiger charge is 2.26. The minimum absolute atomic E-state index is 0.262. The van der Waals surface area contributed by atoms with Crippen LogP contribution in [0.4, 0.5) is 8.78 Å². The van der Waals surface area contributed by atoms with E-state index in [0.29, 0.717) is 18.1 Å². The summed E-state index contributed by atoms with van der Waals surface area (Å²) in [5.74, 6) is -1.92. The van der Waals surface area contributed by atoms with Crippen molar-refractivity contribution in [3.05, 3.63) is 23.8 Å². The van der Waals surface area contributed by atoms with E-state index in [4.69, 9.17) is 14.6 Å². The van der Waals surface area contributed by atoms with Crippen molar-refractivity contribution in [3.8, 4) is 11.5 Å². The van der Waals surface area contributed by atoms with Gasteiger partial charge in [0.05, 0.1) is 20.3 Å². The second-order valence-electron chi connectivity index (χ2n) is 4.04. The number of methoxy groups -OCH3 is 1. The van der Waals surface area contributed by atoms with Gasteiger partial charge in [0.2, 0.25) is 0 Å². The van der Waals surface area contributed by atoms with E-state index in [9.17, 15) is 8.78 Å². The third kappa shape index (κ3) is 5.00. The number of rotatable bonds is 8. The molecule has 0 aliphatic rings. The summed E-state index contributed by atoms with van der Waals surface area (Å²) >= 11 is 0. The Morgan fingerprint density at radius 2 is 2.05 bits per heavy atom. The van der Waals surface area contributed by atoms with Gasteiger partial charge in [-0.3, -0.25) is 0 Å². The number of benzene rings is 1. The minimum Gasteiger partial charge on any atom is -0.493 e. The van der Waals surface area contributed by atoms with Crippen molar-refractivity contribution in [1.82, 2.24) is 5.32 Å². The molecule has 0 heterocycles. The fraction of sp³-hybridized carbons (Fsp3) is 0.538. The lowest BCUT2D eigenvalue weighted by Crippen LogP contribution is -2.35. The van der Waals surface area contributed by atoms with Crippen molar-refractivity contribution in [1.29, 1.82) is 0 Å². The van der Waals surface area contributed by atoms with Crippen LogP contribution in [0, 0.1) is 0 Å². The van der Waals surface area contributed by atoms with Crippen LogP contribution in [-0.4, -0.2) is 37.9 Å². The summed E-state index contributed by atoms with van der Waals surface area (Å²) in [7, 11) is 1.52. The van der Waals surface area contributed by atoms with Gasteiger partial charge in [0.15, 0.2) is 11.5 Å². The number of ether oxygens (including phenoxy) is 2. The highest BCUT2D eigenvalue weighted by molar-refractivity contribution is 5.42. The summed E-state index contributed by atoms with van der Waals surface area (Å²) in [6.45, 7) is 0.923. The smallest absolute Gasteiger partial charge is 0.282 e. The van der Waals surface area contributed by atoms with Crippen LogP contribution in [0.25, 0.3) is 0 Å². The van der Waals surface area contributed by atoms with Crippen molar-refractivity contribution in [2.75, 3.05) is 26.9 Å². The fourth-order valence-electron chi connectivity index (χ4n) is 1.54. The zero-order valence-corrected chi connectivity index (χ0v) is 11.1. The minimum atomic E-state index is -3.10. The molecule has 0 spiro atoms. The topological polar surface area (TPSA) is 50.7 Å². The molecule has 1 rings (SSSR count). The lowest BCUT2D eigenvalue weighted by Gasteiger charge is -2.15. The van der Waals surface area contributed by atoms with Crippen LogP contribution >= 0.6 is 0 Å². The van der Waals surface area contributed by atoms with Crippen molar-refractivity contribution < 1.29 is 23.4 Å². The molecule has 19 heavy (non-hydrogen) atoms. The van der Waals surface area contributed by atoms with Crippen LogP contribution in [0.2, 0.25) is 0 Å². The van der Waals surface area contributed by atoms with Crippen molar-refractivity contribution in [2.45, 2.75) is 19.4 Å². The first kappa shape index (κ1) is 15.7. The second-order valence-corrected chi connectivity index (χ2v) is 4.04. The summed E-state index contributed by atoms with van der Waals surface area (Å²) in [4.78, 5) is 0. The van der Waals surface area contributed by atoms with Gasteiger partial charge in [-0.15, -0.1) is 0 Å². The standard InChI is InChI=1S/C13H19F2NO3/c1-3-19-11-5-4-10(6-12(11)18-2)7-16-8-13(14,15)9-17/h4-6,16-17H,3,7-9H2,1-2H3. The summed E-state index contributed by atoms with van der Waals surface area (Å²) in [6, 6.07) is 5.25. The van der Waals surface area contributed by atoms with E-state index in [1.54, 1.807) is 18.2 Å². The number of aliphatic hydroxyl groups excluding tert-OH is 1. The van der Waals surface area contributed by atoms with Crippen LogP contribution in [0.3, 0.4) is 0 Å². The molecule has 0 amide bonds. The molecule has 0 aliphatic carbocycles. The van der Waals surface area contributed by atoms with Crippen molar-refractivity contribution >= 4 is 0 Å². The van der Waals surface area contributed by atoms with E-state index in [-0.39, 0.29) is 6.54 Å². The predicted octanol–water partition coefficient (Wildman–Crippen LogP) is 1.81. The Kier molecular flexibility index (Phi) is 5.98. The Morgan fingerprint density at radius 1 is 1.32 bits per heavy atom. The van der Waals surface area contributed by atoms with Gasteiger partial charge in [-0.2, -0.15) is 0 Å². The van der Waals surface area contributed by atoms with Crippen LogP contribution < -0.4 is 14.8 Å². The molecule has 0 aromatic heterocycles. The van der Waals surface area contributed by atoms with Crippen LogP contribution in [0.1, 0.15) is 12.5 Å². The summed E-state index contributed by atoms with van der Waals surface area (Å²) in [5.41, 5.74) is 0.800.